The average Bonchev–Trinajstić information content (AvgIpc) is 2.86. The second kappa shape index (κ2) is 6.84. The van der Waals surface area contributed by atoms with Gasteiger partial charge in [0.05, 0.1) is 24.5 Å². The van der Waals surface area contributed by atoms with Crippen LogP contribution < -0.4 is 5.73 Å². The molecular formula is C16H24N6O2. The van der Waals surface area contributed by atoms with E-state index in [0.717, 1.165) is 29.1 Å². The molecule has 3 rings (SSSR count). The van der Waals surface area contributed by atoms with Crippen LogP contribution in [0.15, 0.2) is 12.3 Å². The molecule has 1 fully saturated rings. The van der Waals surface area contributed by atoms with Crippen molar-refractivity contribution < 1.29 is 9.53 Å². The summed E-state index contributed by atoms with van der Waals surface area (Å²) < 4.78 is 7.88. The Labute approximate surface area is 141 Å². The first kappa shape index (κ1) is 16.8. The van der Waals surface area contributed by atoms with Crippen LogP contribution in [0.1, 0.15) is 23.1 Å². The molecule has 8 nitrogen and oxygen atoms in total. The zero-order valence-corrected chi connectivity index (χ0v) is 14.4. The molecule has 24 heavy (non-hydrogen) atoms. The summed E-state index contributed by atoms with van der Waals surface area (Å²) in [4.78, 5) is 19.9. The number of carbonyl (C=O) groups excluding carboxylic acids is 1. The zero-order chi connectivity index (χ0) is 17.3. The first-order chi connectivity index (χ1) is 11.4. The predicted octanol–water partition coefficient (Wildman–Crippen LogP) is -0.0421. The molecule has 2 aromatic heterocycles. The van der Waals surface area contributed by atoms with Crippen LogP contribution in [-0.4, -0.2) is 70.6 Å². The fraction of sp³-hybridized carbons (Fsp3) is 0.562. The number of carbonyl (C=O) groups is 1. The monoisotopic (exact) mass is 332 g/mol. The van der Waals surface area contributed by atoms with Crippen molar-refractivity contribution in [3.8, 4) is 0 Å². The molecule has 0 saturated carbocycles. The zero-order valence-electron chi connectivity index (χ0n) is 14.4. The van der Waals surface area contributed by atoms with E-state index in [9.17, 15) is 4.79 Å². The molecule has 1 atom stereocenters. The van der Waals surface area contributed by atoms with Crippen molar-refractivity contribution in [3.05, 3.63) is 29.2 Å². The summed E-state index contributed by atoms with van der Waals surface area (Å²) in [6.45, 7) is 4.81. The molecule has 0 radical (unpaired) electrons. The maximum absolute atomic E-state index is 11.2. The van der Waals surface area contributed by atoms with Crippen LogP contribution in [-0.2, 0) is 16.1 Å². The molecule has 0 spiro atoms. The number of primary amides is 1. The minimum atomic E-state index is -0.320. The number of rotatable bonds is 5. The maximum atomic E-state index is 11.2. The SMILES string of the molecule is Cc1cc2ncc(CN(C)C)c(C3CN(CC(N)=O)CCO3)n2n1. The Kier molecular flexibility index (Phi) is 4.79. The molecule has 2 N–H and O–H groups in total. The van der Waals surface area contributed by atoms with Gasteiger partial charge in [0.25, 0.3) is 0 Å². The van der Waals surface area contributed by atoms with Crippen LogP contribution in [0.25, 0.3) is 5.65 Å². The van der Waals surface area contributed by atoms with Gasteiger partial charge in [0.1, 0.15) is 6.10 Å². The predicted molar refractivity (Wildman–Crippen MR) is 89.4 cm³/mol. The molecule has 8 heteroatoms. The molecule has 1 amide bonds. The number of morpholine rings is 1. The third kappa shape index (κ3) is 3.55. The van der Waals surface area contributed by atoms with Gasteiger partial charge in [-0.05, 0) is 21.0 Å². The lowest BCUT2D eigenvalue weighted by molar-refractivity contribution is -0.121. The Morgan fingerprint density at radius 1 is 1.50 bits per heavy atom. The highest BCUT2D eigenvalue weighted by atomic mass is 16.5. The number of nitrogens with zero attached hydrogens (tertiary/aromatic N) is 5. The van der Waals surface area contributed by atoms with E-state index in [1.54, 1.807) is 0 Å². The summed E-state index contributed by atoms with van der Waals surface area (Å²) in [5, 5.41) is 4.59. The fourth-order valence-corrected chi connectivity index (χ4v) is 3.14. The van der Waals surface area contributed by atoms with Gasteiger partial charge in [-0.1, -0.05) is 0 Å². The molecule has 1 unspecified atom stereocenters. The summed E-state index contributed by atoms with van der Waals surface area (Å²) in [5.74, 6) is -0.320. The van der Waals surface area contributed by atoms with E-state index in [-0.39, 0.29) is 18.6 Å². The number of fused-ring (bicyclic) bond motifs is 1. The fourth-order valence-electron chi connectivity index (χ4n) is 3.14. The van der Waals surface area contributed by atoms with E-state index in [2.05, 4.69) is 15.0 Å². The molecule has 2 aromatic rings. The van der Waals surface area contributed by atoms with Crippen LogP contribution in [0.4, 0.5) is 0 Å². The van der Waals surface area contributed by atoms with Crippen LogP contribution in [0.2, 0.25) is 0 Å². The van der Waals surface area contributed by atoms with Crippen LogP contribution in [0.3, 0.4) is 0 Å². The Morgan fingerprint density at radius 3 is 3.00 bits per heavy atom. The van der Waals surface area contributed by atoms with Crippen LogP contribution in [0, 0.1) is 6.92 Å². The topological polar surface area (TPSA) is 89.0 Å². The van der Waals surface area contributed by atoms with E-state index in [1.807, 2.05) is 42.7 Å². The second-order valence-corrected chi connectivity index (χ2v) is 6.52. The minimum Gasteiger partial charge on any atom is -0.369 e. The van der Waals surface area contributed by atoms with Gasteiger partial charge in [0.2, 0.25) is 5.91 Å². The lowest BCUT2D eigenvalue weighted by atomic mass is 10.1. The molecule has 0 aromatic carbocycles. The molecule has 130 valence electrons. The van der Waals surface area contributed by atoms with Gasteiger partial charge in [0, 0.05) is 37.5 Å². The first-order valence-corrected chi connectivity index (χ1v) is 8.05. The van der Waals surface area contributed by atoms with Gasteiger partial charge in [-0.3, -0.25) is 9.69 Å². The lowest BCUT2D eigenvalue weighted by Crippen LogP contribution is -2.43. The molecule has 1 aliphatic rings. The highest BCUT2D eigenvalue weighted by molar-refractivity contribution is 5.75. The van der Waals surface area contributed by atoms with Crippen molar-refractivity contribution in [1.82, 2.24) is 24.4 Å². The van der Waals surface area contributed by atoms with Crippen molar-refractivity contribution in [1.29, 1.82) is 0 Å². The van der Waals surface area contributed by atoms with Gasteiger partial charge >= 0.3 is 0 Å². The largest absolute Gasteiger partial charge is 0.369 e. The molecule has 0 aliphatic carbocycles. The van der Waals surface area contributed by atoms with Gasteiger partial charge in [0.15, 0.2) is 5.65 Å². The van der Waals surface area contributed by atoms with Crippen LogP contribution >= 0.6 is 0 Å². The average molecular weight is 332 g/mol. The quantitative estimate of drug-likeness (QED) is 0.826. The lowest BCUT2D eigenvalue weighted by Gasteiger charge is -2.33. The molecular weight excluding hydrogens is 308 g/mol. The van der Waals surface area contributed by atoms with Crippen molar-refractivity contribution in [3.63, 3.8) is 0 Å². The summed E-state index contributed by atoms with van der Waals surface area (Å²) >= 11 is 0. The normalized spacial score (nSPS) is 19.2. The van der Waals surface area contributed by atoms with Gasteiger partial charge in [-0.15, -0.1) is 0 Å². The minimum absolute atomic E-state index is 0.169. The first-order valence-electron chi connectivity index (χ1n) is 8.05. The number of aryl methyl sites for hydroxylation is 1. The summed E-state index contributed by atoms with van der Waals surface area (Å²) in [5.41, 5.74) is 9.13. The molecule has 3 heterocycles. The Hall–Kier alpha value is -2.03. The smallest absolute Gasteiger partial charge is 0.231 e. The number of aromatic nitrogens is 3. The number of hydrogen-bond donors (Lipinski definition) is 1. The van der Waals surface area contributed by atoms with E-state index >= 15 is 0 Å². The van der Waals surface area contributed by atoms with Crippen molar-refractivity contribution in [2.45, 2.75) is 19.6 Å². The highest BCUT2D eigenvalue weighted by Gasteiger charge is 2.28. The molecule has 0 bridgehead atoms. The van der Waals surface area contributed by atoms with E-state index in [4.69, 9.17) is 10.5 Å². The van der Waals surface area contributed by atoms with Gasteiger partial charge in [-0.25, -0.2) is 9.50 Å². The third-order valence-corrected chi connectivity index (χ3v) is 4.04. The standard InChI is InChI=1S/C16H24N6O2/c1-11-6-15-18-7-12(8-20(2)3)16(22(15)19-11)13-9-21(4-5-24-13)10-14(17)23/h6-7,13H,4-5,8-10H2,1-3H3,(H2,17,23). The van der Waals surface area contributed by atoms with Gasteiger partial charge < -0.3 is 15.4 Å². The van der Waals surface area contributed by atoms with Crippen LogP contribution in [0.5, 0.6) is 0 Å². The number of ether oxygens (including phenoxy) is 1. The van der Waals surface area contributed by atoms with Gasteiger partial charge in [-0.2, -0.15) is 5.10 Å². The number of nitrogens with two attached hydrogens (primary N) is 1. The Balaban J connectivity index is 2.00. The van der Waals surface area contributed by atoms with E-state index < -0.39 is 0 Å². The maximum Gasteiger partial charge on any atom is 0.231 e. The molecule has 1 aliphatic heterocycles. The van der Waals surface area contributed by atoms with E-state index in [1.165, 1.54) is 0 Å². The summed E-state index contributed by atoms with van der Waals surface area (Å²) in [7, 11) is 4.03. The van der Waals surface area contributed by atoms with Crippen molar-refractivity contribution in [2.75, 3.05) is 40.3 Å². The van der Waals surface area contributed by atoms with Crippen molar-refractivity contribution in [2.24, 2.45) is 5.73 Å². The second-order valence-electron chi connectivity index (χ2n) is 6.52. The third-order valence-electron chi connectivity index (χ3n) is 4.04. The number of hydrogen-bond acceptors (Lipinski definition) is 6. The number of amides is 1. The summed E-state index contributed by atoms with van der Waals surface area (Å²) in [6.07, 6.45) is 1.72. The molecule has 1 saturated heterocycles. The Morgan fingerprint density at radius 2 is 2.29 bits per heavy atom. The van der Waals surface area contributed by atoms with Crippen molar-refractivity contribution >= 4 is 11.6 Å². The Bertz CT molecular complexity index is 741. The highest BCUT2D eigenvalue weighted by Crippen LogP contribution is 2.26. The van der Waals surface area contributed by atoms with E-state index in [0.29, 0.717) is 19.7 Å². The summed E-state index contributed by atoms with van der Waals surface area (Å²) in [6, 6.07) is 1.95.